The molecule has 0 atom stereocenters. The number of pyridine rings is 2. The van der Waals surface area contributed by atoms with Crippen molar-refractivity contribution in [2.24, 2.45) is 4.99 Å². The average Bonchev–Trinajstić information content (AvgIpc) is 3.66. The molecule has 0 radical (unpaired) electrons. The average molecular weight is 555 g/mol. The highest BCUT2D eigenvalue weighted by atomic mass is 15.2. The third-order valence-electron chi connectivity index (χ3n) is 7.96. The van der Waals surface area contributed by atoms with E-state index in [-0.39, 0.29) is 5.96 Å². The van der Waals surface area contributed by atoms with Crippen molar-refractivity contribution in [2.45, 2.75) is 0 Å². The number of hydrogen-bond donors (Lipinski definition) is 2. The predicted molar refractivity (Wildman–Crippen MR) is 174 cm³/mol. The lowest BCUT2D eigenvalue weighted by Crippen LogP contribution is -2.17. The minimum Gasteiger partial charge on any atom is -0.346 e. The molecular weight excluding hydrogens is 528 g/mol. The summed E-state index contributed by atoms with van der Waals surface area (Å²) in [5.41, 5.74) is 8.62. The van der Waals surface area contributed by atoms with E-state index in [1.54, 1.807) is 6.20 Å². The van der Waals surface area contributed by atoms with Gasteiger partial charge in [-0.2, -0.15) is 4.99 Å². The lowest BCUT2D eigenvalue weighted by atomic mass is 10.0. The van der Waals surface area contributed by atoms with Crippen LogP contribution in [0.3, 0.4) is 0 Å². The molecule has 0 bridgehead atoms. The summed E-state index contributed by atoms with van der Waals surface area (Å²) in [6.07, 6.45) is 5.75. The summed E-state index contributed by atoms with van der Waals surface area (Å²) in [6.45, 7) is 0. The standard InChI is InChI=1S/C37H26N6/c38-37(41-36-28(12-8-23-40-36)25-15-17-26(18-16-25)32-13-6-7-22-39-32)43-34-14-5-4-11-29(34)30-19-20-33-31(35(30)43)21-24-42(33)27-9-2-1-3-10-27/h1-24H,(H2,38,40,41). The van der Waals surface area contributed by atoms with Gasteiger partial charge in [0.15, 0.2) is 0 Å². The number of benzene rings is 4. The number of rotatable bonds is 3. The molecule has 6 heteroatoms. The molecule has 0 spiro atoms. The Hall–Kier alpha value is -6.01. The van der Waals surface area contributed by atoms with Crippen molar-refractivity contribution in [1.82, 2.24) is 19.1 Å². The maximum Gasteiger partial charge on any atom is 0.229 e. The highest BCUT2D eigenvalue weighted by Crippen LogP contribution is 2.35. The van der Waals surface area contributed by atoms with Crippen molar-refractivity contribution >= 4 is 38.7 Å². The second-order valence-corrected chi connectivity index (χ2v) is 10.4. The van der Waals surface area contributed by atoms with Gasteiger partial charge in [-0.1, -0.05) is 72.8 Å². The Morgan fingerprint density at radius 2 is 1.44 bits per heavy atom. The molecule has 8 aromatic rings. The summed E-state index contributed by atoms with van der Waals surface area (Å²) in [7, 11) is 0. The van der Waals surface area contributed by atoms with Crippen LogP contribution in [0.4, 0.5) is 0 Å². The minimum atomic E-state index is 0.139. The number of hydrogen-bond acceptors (Lipinski definition) is 2. The summed E-state index contributed by atoms with van der Waals surface area (Å²) in [5.74, 6) is 0.139. The van der Waals surface area contributed by atoms with Gasteiger partial charge in [-0.25, -0.2) is 0 Å². The van der Waals surface area contributed by atoms with Gasteiger partial charge in [-0.3, -0.25) is 15.0 Å². The van der Waals surface area contributed by atoms with Crippen LogP contribution < -0.4 is 5.49 Å². The predicted octanol–water partition coefficient (Wildman–Crippen LogP) is 8.18. The molecule has 0 aliphatic heterocycles. The van der Waals surface area contributed by atoms with Crippen LogP contribution in [-0.2, 0) is 0 Å². The molecule has 6 nitrogen and oxygen atoms in total. The highest BCUT2D eigenvalue weighted by Gasteiger charge is 2.18. The molecule has 0 fully saturated rings. The normalized spacial score (nSPS) is 12.0. The molecule has 0 aliphatic carbocycles. The van der Waals surface area contributed by atoms with E-state index in [9.17, 15) is 5.41 Å². The molecule has 204 valence electrons. The van der Waals surface area contributed by atoms with Crippen molar-refractivity contribution in [1.29, 1.82) is 5.41 Å². The van der Waals surface area contributed by atoms with E-state index in [4.69, 9.17) is 4.99 Å². The van der Waals surface area contributed by atoms with Gasteiger partial charge in [0.1, 0.15) is 5.49 Å². The zero-order chi connectivity index (χ0) is 28.8. The molecule has 4 aromatic carbocycles. The second kappa shape index (κ2) is 10.1. The summed E-state index contributed by atoms with van der Waals surface area (Å²) in [5, 5.41) is 12.6. The second-order valence-electron chi connectivity index (χ2n) is 10.4. The molecule has 2 N–H and O–H groups in total. The molecular formula is C37H26N6. The van der Waals surface area contributed by atoms with E-state index in [0.717, 1.165) is 60.8 Å². The Morgan fingerprint density at radius 3 is 2.28 bits per heavy atom. The third kappa shape index (κ3) is 4.16. The van der Waals surface area contributed by atoms with Crippen molar-refractivity contribution in [3.8, 4) is 28.1 Å². The van der Waals surface area contributed by atoms with Crippen LogP contribution in [0.2, 0.25) is 0 Å². The lowest BCUT2D eigenvalue weighted by Gasteiger charge is -2.09. The first kappa shape index (κ1) is 24.8. The van der Waals surface area contributed by atoms with Crippen LogP contribution in [0.1, 0.15) is 0 Å². The quantitative estimate of drug-likeness (QED) is 0.168. The van der Waals surface area contributed by atoms with Gasteiger partial charge >= 0.3 is 0 Å². The van der Waals surface area contributed by atoms with Gasteiger partial charge < -0.3 is 9.55 Å². The van der Waals surface area contributed by atoms with Crippen LogP contribution in [0, 0.1) is 5.41 Å². The van der Waals surface area contributed by atoms with Crippen molar-refractivity contribution < 1.29 is 0 Å². The Kier molecular flexibility index (Phi) is 5.83. The number of para-hydroxylation sites is 2. The first-order valence-corrected chi connectivity index (χ1v) is 14.2. The molecule has 43 heavy (non-hydrogen) atoms. The Morgan fingerprint density at radius 1 is 0.651 bits per heavy atom. The van der Waals surface area contributed by atoms with E-state index in [1.165, 1.54) is 0 Å². The number of fused-ring (bicyclic) bond motifs is 5. The number of H-pyrrole nitrogens is 1. The fourth-order valence-electron chi connectivity index (χ4n) is 5.97. The number of aromatic nitrogens is 4. The van der Waals surface area contributed by atoms with E-state index in [1.807, 2.05) is 71.4 Å². The van der Waals surface area contributed by atoms with Crippen LogP contribution >= 0.6 is 0 Å². The zero-order valence-electron chi connectivity index (χ0n) is 23.1. The third-order valence-corrected chi connectivity index (χ3v) is 7.96. The summed E-state index contributed by atoms with van der Waals surface area (Å²) in [6, 6.07) is 43.2. The molecule has 0 saturated carbocycles. The summed E-state index contributed by atoms with van der Waals surface area (Å²) in [4.78, 5) is 12.7. The zero-order valence-corrected chi connectivity index (χ0v) is 23.1. The van der Waals surface area contributed by atoms with E-state index in [2.05, 4.69) is 87.5 Å². The van der Waals surface area contributed by atoms with Gasteiger partial charge in [0.25, 0.3) is 0 Å². The SMILES string of the molecule is N=C(N=c1[nH]cccc1-c1ccc(-c2ccccn2)cc1)n1c2ccccc2c2ccc3c(ccn3-c3ccccc3)c21. The molecule has 0 saturated heterocycles. The van der Waals surface area contributed by atoms with Crippen LogP contribution in [0.5, 0.6) is 0 Å². The van der Waals surface area contributed by atoms with Crippen LogP contribution in [0.15, 0.2) is 151 Å². The molecule has 0 unspecified atom stereocenters. The van der Waals surface area contributed by atoms with Crippen molar-refractivity contribution in [2.75, 3.05) is 0 Å². The molecule has 8 rings (SSSR count). The van der Waals surface area contributed by atoms with Gasteiger partial charge in [0.2, 0.25) is 5.96 Å². The lowest BCUT2D eigenvalue weighted by molar-refractivity contribution is 1.10. The summed E-state index contributed by atoms with van der Waals surface area (Å²) < 4.78 is 4.16. The molecule has 4 heterocycles. The Balaban J connectivity index is 1.29. The van der Waals surface area contributed by atoms with E-state index < -0.39 is 0 Å². The van der Waals surface area contributed by atoms with E-state index in [0.29, 0.717) is 5.49 Å². The van der Waals surface area contributed by atoms with Crippen LogP contribution in [0.25, 0.3) is 60.8 Å². The van der Waals surface area contributed by atoms with Crippen molar-refractivity contribution in [3.63, 3.8) is 0 Å². The first-order valence-electron chi connectivity index (χ1n) is 14.2. The van der Waals surface area contributed by atoms with Gasteiger partial charge in [0.05, 0.1) is 22.2 Å². The summed E-state index contributed by atoms with van der Waals surface area (Å²) >= 11 is 0. The number of nitrogens with zero attached hydrogens (tertiary/aromatic N) is 4. The van der Waals surface area contributed by atoms with Crippen LogP contribution in [-0.4, -0.2) is 25.1 Å². The maximum atomic E-state index is 9.36. The number of aromatic amines is 1. The smallest absolute Gasteiger partial charge is 0.229 e. The molecule has 4 aromatic heterocycles. The van der Waals surface area contributed by atoms with Gasteiger partial charge in [-0.15, -0.1) is 0 Å². The molecule has 0 amide bonds. The monoisotopic (exact) mass is 554 g/mol. The number of nitrogens with one attached hydrogen (secondary N) is 2. The molecule has 0 aliphatic rings. The fourth-order valence-corrected chi connectivity index (χ4v) is 5.97. The highest BCUT2D eigenvalue weighted by molar-refractivity contribution is 6.21. The minimum absolute atomic E-state index is 0.139. The Labute approximate surface area is 247 Å². The van der Waals surface area contributed by atoms with Gasteiger partial charge in [0, 0.05) is 51.6 Å². The maximum absolute atomic E-state index is 9.36. The first-order chi connectivity index (χ1) is 21.3. The van der Waals surface area contributed by atoms with Gasteiger partial charge in [-0.05, 0) is 60.2 Å². The Bertz CT molecular complexity index is 2340. The largest absolute Gasteiger partial charge is 0.346 e. The topological polar surface area (TPSA) is 74.8 Å². The van der Waals surface area contributed by atoms with Crippen molar-refractivity contribution in [3.05, 3.63) is 151 Å². The fraction of sp³-hybridized carbons (Fsp3) is 0. The van der Waals surface area contributed by atoms with E-state index >= 15 is 0 Å².